The molecular formula is C32H40N4O8. The van der Waals surface area contributed by atoms with Crippen molar-refractivity contribution >= 4 is 45.7 Å². The molecule has 0 unspecified atom stereocenters. The van der Waals surface area contributed by atoms with E-state index in [-0.39, 0.29) is 25.7 Å². The second-order valence-electron chi connectivity index (χ2n) is 10.8. The highest BCUT2D eigenvalue weighted by Gasteiger charge is 2.19. The monoisotopic (exact) mass is 608 g/mol. The first kappa shape index (κ1) is 33.8. The predicted octanol–water partition coefficient (Wildman–Crippen LogP) is 3.87. The van der Waals surface area contributed by atoms with Crippen LogP contribution in [-0.4, -0.2) is 95.1 Å². The number of likely N-dealkylation sites (N-methyl/N-ethyl adjacent to an activating group) is 2. The van der Waals surface area contributed by atoms with E-state index in [9.17, 15) is 24.3 Å². The molecule has 0 radical (unpaired) electrons. The van der Waals surface area contributed by atoms with Crippen molar-refractivity contribution in [2.45, 2.75) is 38.5 Å². The largest absolute Gasteiger partial charge is 0.507 e. The molecule has 1 aliphatic heterocycles. The molecule has 12 nitrogen and oxygen atoms in total. The molecule has 12 heteroatoms. The number of rotatable bonds is 10. The lowest BCUT2D eigenvalue weighted by Gasteiger charge is -2.10. The van der Waals surface area contributed by atoms with Crippen molar-refractivity contribution in [3.05, 3.63) is 59.9 Å². The summed E-state index contributed by atoms with van der Waals surface area (Å²) in [6.07, 6.45) is 5.84. The van der Waals surface area contributed by atoms with E-state index in [0.717, 1.165) is 53.3 Å². The summed E-state index contributed by atoms with van der Waals surface area (Å²) >= 11 is 0. The SMILES string of the molecule is CN(C)CCc1c[nH]c2cccc(O)c12.CN(C)CCc1c[nH]c2cccc(OC(=O)CCC(=O)O)c12.O=C1CCC(=O)O1. The number of aromatic nitrogens is 2. The van der Waals surface area contributed by atoms with Gasteiger partial charge in [0.15, 0.2) is 0 Å². The number of ether oxygens (including phenoxy) is 2. The van der Waals surface area contributed by atoms with Crippen LogP contribution in [-0.2, 0) is 36.8 Å². The number of fused-ring (bicyclic) bond motifs is 2. The normalized spacial score (nSPS) is 12.6. The van der Waals surface area contributed by atoms with Crippen LogP contribution in [0.4, 0.5) is 0 Å². The fourth-order valence-electron chi connectivity index (χ4n) is 4.44. The maximum atomic E-state index is 11.8. The number of aliphatic carboxylic acids is 1. The number of esters is 3. The van der Waals surface area contributed by atoms with Gasteiger partial charge in [-0.25, -0.2) is 0 Å². The number of hydrogen-bond acceptors (Lipinski definition) is 9. The quantitative estimate of drug-likeness (QED) is 0.118. The molecule has 5 rings (SSSR count). The Morgan fingerprint density at radius 3 is 1.84 bits per heavy atom. The van der Waals surface area contributed by atoms with Gasteiger partial charge >= 0.3 is 23.9 Å². The van der Waals surface area contributed by atoms with Crippen molar-refractivity contribution in [3.63, 3.8) is 0 Å². The van der Waals surface area contributed by atoms with Crippen LogP contribution >= 0.6 is 0 Å². The Kier molecular flexibility index (Phi) is 12.5. The molecule has 3 heterocycles. The van der Waals surface area contributed by atoms with Crippen molar-refractivity contribution in [1.29, 1.82) is 0 Å². The van der Waals surface area contributed by atoms with Crippen molar-refractivity contribution in [1.82, 2.24) is 19.8 Å². The molecule has 0 spiro atoms. The highest BCUT2D eigenvalue weighted by molar-refractivity contribution is 5.93. The van der Waals surface area contributed by atoms with Crippen LogP contribution in [0.3, 0.4) is 0 Å². The van der Waals surface area contributed by atoms with E-state index >= 15 is 0 Å². The highest BCUT2D eigenvalue weighted by atomic mass is 16.6. The summed E-state index contributed by atoms with van der Waals surface area (Å²) < 4.78 is 9.43. The zero-order valence-electron chi connectivity index (χ0n) is 25.5. The number of hydrogen-bond donors (Lipinski definition) is 4. The summed E-state index contributed by atoms with van der Waals surface area (Å²) in [6.45, 7) is 1.87. The number of phenols is 1. The molecule has 0 bridgehead atoms. The van der Waals surface area contributed by atoms with Gasteiger partial charge in [-0.2, -0.15) is 0 Å². The van der Waals surface area contributed by atoms with Gasteiger partial charge in [0.2, 0.25) is 0 Å². The zero-order valence-corrected chi connectivity index (χ0v) is 25.5. The first-order valence-corrected chi connectivity index (χ1v) is 14.3. The van der Waals surface area contributed by atoms with Crippen LogP contribution in [0.2, 0.25) is 0 Å². The van der Waals surface area contributed by atoms with Crippen LogP contribution in [0, 0.1) is 0 Å². The zero-order chi connectivity index (χ0) is 32.2. The third-order valence-corrected chi connectivity index (χ3v) is 6.70. The summed E-state index contributed by atoms with van der Waals surface area (Å²) in [6, 6.07) is 11.0. The van der Waals surface area contributed by atoms with E-state index in [4.69, 9.17) is 9.84 Å². The molecule has 0 aliphatic carbocycles. The molecule has 1 aliphatic rings. The third kappa shape index (κ3) is 10.2. The number of carboxylic acids is 1. The Morgan fingerprint density at radius 2 is 1.34 bits per heavy atom. The van der Waals surface area contributed by atoms with Crippen LogP contribution in [0.15, 0.2) is 48.8 Å². The van der Waals surface area contributed by atoms with E-state index in [2.05, 4.69) is 38.6 Å². The second-order valence-corrected chi connectivity index (χ2v) is 10.8. The predicted molar refractivity (Wildman–Crippen MR) is 166 cm³/mol. The molecule has 2 aromatic carbocycles. The molecule has 236 valence electrons. The smallest absolute Gasteiger partial charge is 0.314 e. The first-order chi connectivity index (χ1) is 20.9. The number of aromatic amines is 2. The standard InChI is InChI=1S/C16H20N2O4.C12H16N2O.C4H4O3/c1-18(2)9-8-11-10-17-12-4-3-5-13(16(11)12)22-15(21)7-6-14(19)20;1-14(2)7-6-9-8-13-10-4-3-5-11(15)12(9)10;5-3-1-2-4(6)7-3/h3-5,10,17H,6-9H2,1-2H3,(H,19,20);3-5,8,13,15H,6-7H2,1-2H3;1-2H2. The number of carbonyl (C=O) groups excluding carboxylic acids is 3. The number of benzene rings is 2. The third-order valence-electron chi connectivity index (χ3n) is 6.70. The average molecular weight is 609 g/mol. The fraction of sp³-hybridized carbons (Fsp3) is 0.375. The molecular weight excluding hydrogens is 568 g/mol. The van der Waals surface area contributed by atoms with Gasteiger partial charge in [-0.3, -0.25) is 19.2 Å². The maximum absolute atomic E-state index is 11.8. The van der Waals surface area contributed by atoms with E-state index < -0.39 is 23.9 Å². The second kappa shape index (κ2) is 16.2. The Hall–Kier alpha value is -4.68. The minimum atomic E-state index is -1.01. The molecule has 0 amide bonds. The van der Waals surface area contributed by atoms with Gasteiger partial charge in [-0.1, -0.05) is 12.1 Å². The number of cyclic esters (lactones) is 2. The number of carboxylic acid groups (broad SMARTS) is 1. The molecule has 1 fully saturated rings. The topological polar surface area (TPSA) is 165 Å². The van der Waals surface area contributed by atoms with Crippen LogP contribution in [0.25, 0.3) is 21.8 Å². The Bertz CT molecular complexity index is 1570. The summed E-state index contributed by atoms with van der Waals surface area (Å²) in [7, 11) is 8.10. The molecule has 44 heavy (non-hydrogen) atoms. The van der Waals surface area contributed by atoms with E-state index in [1.807, 2.05) is 44.7 Å². The number of nitrogens with zero attached hydrogens (tertiary/aromatic N) is 2. The number of H-pyrrole nitrogens is 2. The number of nitrogens with one attached hydrogen (secondary N) is 2. The Balaban J connectivity index is 0.000000205. The van der Waals surface area contributed by atoms with Crippen molar-refractivity contribution < 1.29 is 38.9 Å². The van der Waals surface area contributed by atoms with Gasteiger partial charge in [0, 0.05) is 47.3 Å². The summed E-state index contributed by atoms with van der Waals surface area (Å²) in [4.78, 5) is 52.9. The van der Waals surface area contributed by atoms with E-state index in [1.165, 1.54) is 5.56 Å². The summed E-state index contributed by atoms with van der Waals surface area (Å²) in [5, 5.41) is 20.2. The van der Waals surface area contributed by atoms with Gasteiger partial charge in [-0.05, 0) is 76.4 Å². The van der Waals surface area contributed by atoms with E-state index in [0.29, 0.717) is 11.5 Å². The fourth-order valence-corrected chi connectivity index (χ4v) is 4.44. The average Bonchev–Trinajstić information content (AvgIpc) is 3.69. The Labute approximate surface area is 255 Å². The van der Waals surface area contributed by atoms with Crippen LogP contribution < -0.4 is 4.74 Å². The lowest BCUT2D eigenvalue weighted by Crippen LogP contribution is -2.15. The lowest BCUT2D eigenvalue weighted by molar-refractivity contribution is -0.152. The summed E-state index contributed by atoms with van der Waals surface area (Å²) in [5.74, 6) is -1.50. The van der Waals surface area contributed by atoms with Gasteiger partial charge in [0.05, 0.1) is 25.7 Å². The number of phenolic OH excluding ortho intramolecular Hbond substituents is 1. The van der Waals surface area contributed by atoms with E-state index in [1.54, 1.807) is 18.2 Å². The van der Waals surface area contributed by atoms with Crippen molar-refractivity contribution in [2.75, 3.05) is 41.3 Å². The highest BCUT2D eigenvalue weighted by Crippen LogP contribution is 2.30. The maximum Gasteiger partial charge on any atom is 0.314 e. The minimum absolute atomic E-state index is 0.136. The van der Waals surface area contributed by atoms with Crippen molar-refractivity contribution in [2.24, 2.45) is 0 Å². The molecule has 0 atom stereocenters. The van der Waals surface area contributed by atoms with Crippen LogP contribution in [0.1, 0.15) is 36.8 Å². The minimum Gasteiger partial charge on any atom is -0.507 e. The Morgan fingerprint density at radius 1 is 0.818 bits per heavy atom. The molecule has 2 aromatic heterocycles. The van der Waals surface area contributed by atoms with Crippen LogP contribution in [0.5, 0.6) is 11.5 Å². The number of carbonyl (C=O) groups is 4. The molecule has 0 saturated carbocycles. The molecule has 4 aromatic rings. The number of aromatic hydroxyl groups is 1. The lowest BCUT2D eigenvalue weighted by atomic mass is 10.1. The first-order valence-electron chi connectivity index (χ1n) is 14.3. The van der Waals surface area contributed by atoms with Gasteiger partial charge in [0.25, 0.3) is 0 Å². The van der Waals surface area contributed by atoms with Gasteiger partial charge in [0.1, 0.15) is 11.5 Å². The van der Waals surface area contributed by atoms with Gasteiger partial charge < -0.3 is 39.5 Å². The summed E-state index contributed by atoms with van der Waals surface area (Å²) in [5.41, 5.74) is 4.16. The molecule has 1 saturated heterocycles. The van der Waals surface area contributed by atoms with Gasteiger partial charge in [-0.15, -0.1) is 0 Å². The molecule has 4 N–H and O–H groups in total. The van der Waals surface area contributed by atoms with Crippen molar-refractivity contribution in [3.8, 4) is 11.5 Å².